The van der Waals surface area contributed by atoms with Crippen LogP contribution in [0.3, 0.4) is 0 Å². The fraction of sp³-hybridized carbons (Fsp3) is 0.371. The molecule has 0 amide bonds. The summed E-state index contributed by atoms with van der Waals surface area (Å²) in [6.45, 7) is 4.67. The molecule has 1 aliphatic heterocycles. The smallest absolute Gasteiger partial charge is 0.303 e. The van der Waals surface area contributed by atoms with E-state index < -0.39 is 42.4 Å². The number of hydrogen-bond acceptors (Lipinski definition) is 11. The summed E-state index contributed by atoms with van der Waals surface area (Å²) in [5, 5.41) is 3.38. The quantitative estimate of drug-likeness (QED) is 0.0732. The number of aromatic nitrogens is 2. The predicted molar refractivity (Wildman–Crippen MR) is 177 cm³/mol. The number of esters is 3. The first-order chi connectivity index (χ1) is 23.2. The fourth-order valence-corrected chi connectivity index (χ4v) is 5.48. The Bertz CT molecular complexity index is 1710. The Labute approximate surface area is 283 Å². The molecule has 1 fully saturated rings. The topological polar surface area (TPSA) is 136 Å². The molecule has 48 heavy (non-hydrogen) atoms. The van der Waals surface area contributed by atoms with Crippen molar-refractivity contribution >= 4 is 46.5 Å². The third-order valence-electron chi connectivity index (χ3n) is 7.42. The largest absolute Gasteiger partial charge is 0.490 e. The van der Waals surface area contributed by atoms with Crippen molar-refractivity contribution in [3.8, 4) is 11.5 Å². The van der Waals surface area contributed by atoms with Crippen molar-refractivity contribution in [1.82, 2.24) is 9.55 Å². The molecule has 4 aromatic rings. The Morgan fingerprint density at radius 3 is 2.31 bits per heavy atom. The van der Waals surface area contributed by atoms with Gasteiger partial charge in [0.25, 0.3) is 0 Å². The lowest BCUT2D eigenvalue weighted by molar-refractivity contribution is -0.166. The molecular weight excluding hydrogens is 642 g/mol. The minimum Gasteiger partial charge on any atom is -0.490 e. The third kappa shape index (κ3) is 8.75. The lowest BCUT2D eigenvalue weighted by atomic mass is 10.1. The van der Waals surface area contributed by atoms with Gasteiger partial charge in [0.05, 0.1) is 17.6 Å². The zero-order valence-corrected chi connectivity index (χ0v) is 27.7. The number of imidazole rings is 1. The molecule has 3 aromatic carbocycles. The van der Waals surface area contributed by atoms with E-state index in [9.17, 15) is 14.4 Å². The van der Waals surface area contributed by atoms with E-state index in [4.69, 9.17) is 45.0 Å². The second-order valence-corrected chi connectivity index (χ2v) is 11.5. The Morgan fingerprint density at radius 2 is 1.58 bits per heavy atom. The summed E-state index contributed by atoms with van der Waals surface area (Å²) in [5.74, 6) is 0.304. The van der Waals surface area contributed by atoms with Crippen LogP contribution in [-0.4, -0.2) is 64.9 Å². The highest BCUT2D eigenvalue weighted by Gasteiger charge is 2.51. The predicted octanol–water partition coefficient (Wildman–Crippen LogP) is 5.56. The van der Waals surface area contributed by atoms with Crippen molar-refractivity contribution in [2.45, 2.75) is 64.9 Å². The number of para-hydroxylation sites is 2. The number of ether oxygens (including phenoxy) is 6. The molecule has 13 heteroatoms. The summed E-state index contributed by atoms with van der Waals surface area (Å²) in [6, 6.07) is 22.9. The number of alkyl halides is 1. The van der Waals surface area contributed by atoms with E-state index in [0.717, 1.165) is 11.1 Å². The van der Waals surface area contributed by atoms with Crippen LogP contribution < -0.4 is 14.8 Å². The maximum absolute atomic E-state index is 12.3. The second-order valence-electron chi connectivity index (χ2n) is 11.1. The minimum absolute atomic E-state index is 0.220. The molecule has 2 heterocycles. The van der Waals surface area contributed by atoms with E-state index in [1.807, 2.05) is 72.8 Å². The highest BCUT2D eigenvalue weighted by atomic mass is 35.5. The average Bonchev–Trinajstić information content (AvgIpc) is 3.59. The van der Waals surface area contributed by atoms with Crippen LogP contribution in [0, 0.1) is 0 Å². The lowest BCUT2D eigenvalue weighted by Gasteiger charge is -2.25. The summed E-state index contributed by atoms with van der Waals surface area (Å²) in [4.78, 5) is 40.8. The van der Waals surface area contributed by atoms with Crippen molar-refractivity contribution < 1.29 is 42.8 Å². The molecule has 0 spiro atoms. The molecule has 4 atom stereocenters. The molecule has 0 saturated carbocycles. The zero-order chi connectivity index (χ0) is 34.0. The summed E-state index contributed by atoms with van der Waals surface area (Å²) in [6.07, 6.45) is -3.37. The van der Waals surface area contributed by atoms with Gasteiger partial charge < -0.3 is 33.7 Å². The van der Waals surface area contributed by atoms with Gasteiger partial charge in [0.2, 0.25) is 5.95 Å². The van der Waals surface area contributed by atoms with Crippen LogP contribution in [0.5, 0.6) is 11.5 Å². The van der Waals surface area contributed by atoms with Crippen molar-refractivity contribution in [2.75, 3.05) is 24.4 Å². The van der Waals surface area contributed by atoms with Crippen molar-refractivity contribution in [3.05, 3.63) is 83.9 Å². The molecule has 1 saturated heterocycles. The molecule has 1 aliphatic rings. The van der Waals surface area contributed by atoms with Crippen LogP contribution >= 0.6 is 11.6 Å². The van der Waals surface area contributed by atoms with Crippen molar-refractivity contribution in [2.24, 2.45) is 0 Å². The van der Waals surface area contributed by atoms with Crippen LogP contribution in [0.2, 0.25) is 0 Å². The molecule has 0 unspecified atom stereocenters. The van der Waals surface area contributed by atoms with Crippen LogP contribution in [0.1, 0.15) is 44.5 Å². The summed E-state index contributed by atoms with van der Waals surface area (Å²) in [5.41, 5.74) is 3.22. The maximum atomic E-state index is 12.3. The normalized spacial score (nSPS) is 18.7. The van der Waals surface area contributed by atoms with Gasteiger partial charge in [-0.2, -0.15) is 0 Å². The standard InChI is InChI=1S/C35H38ClN3O9/c1-22(40)44-21-31-32(46-23(2)41)33(47-24(3)42)34(48-31)39-28-13-8-7-12-27(28)38-35(39)37-19-26-14-15-29(30(18-26)43-17-9-16-36)45-20-25-10-5-4-6-11-25/h4-8,10-15,18,31-34H,9,16-17,19-21H2,1-3H3,(H,37,38)/t31-,32-,33-,34-/m1/s1. The van der Waals surface area contributed by atoms with Gasteiger partial charge >= 0.3 is 17.9 Å². The number of fused-ring (bicyclic) bond motifs is 1. The Morgan fingerprint density at radius 1 is 0.854 bits per heavy atom. The minimum atomic E-state index is -1.08. The first kappa shape index (κ1) is 34.5. The number of carbonyl (C=O) groups excluding carboxylic acids is 3. The van der Waals surface area contributed by atoms with Gasteiger partial charge in [-0.15, -0.1) is 11.6 Å². The van der Waals surface area contributed by atoms with Gasteiger partial charge in [-0.3, -0.25) is 19.0 Å². The van der Waals surface area contributed by atoms with Crippen molar-refractivity contribution in [1.29, 1.82) is 0 Å². The Hall–Kier alpha value is -4.81. The van der Waals surface area contributed by atoms with Gasteiger partial charge in [0, 0.05) is 33.2 Å². The van der Waals surface area contributed by atoms with Crippen LogP contribution in [0.25, 0.3) is 11.0 Å². The van der Waals surface area contributed by atoms with Gasteiger partial charge in [0.15, 0.2) is 29.9 Å². The number of nitrogens with zero attached hydrogens (tertiary/aromatic N) is 2. The molecule has 0 radical (unpaired) electrons. The number of carbonyl (C=O) groups is 3. The average molecular weight is 680 g/mol. The second kappa shape index (κ2) is 16.3. The SMILES string of the molecule is CC(=O)OC[C@H]1O[C@@H](n2c(NCc3ccc(OCc4ccccc4)c(OCCCCl)c3)nc3ccccc32)[C@H](OC(C)=O)[C@@H]1OC(C)=O. The molecule has 1 N–H and O–H groups in total. The van der Waals surface area contributed by atoms with E-state index >= 15 is 0 Å². The first-order valence-electron chi connectivity index (χ1n) is 15.6. The van der Waals surface area contributed by atoms with Crippen molar-refractivity contribution in [3.63, 3.8) is 0 Å². The zero-order valence-electron chi connectivity index (χ0n) is 26.9. The van der Waals surface area contributed by atoms with Gasteiger partial charge in [0.1, 0.15) is 19.3 Å². The van der Waals surface area contributed by atoms with Crippen LogP contribution in [0.15, 0.2) is 72.8 Å². The Kier molecular flexibility index (Phi) is 11.8. The lowest BCUT2D eigenvalue weighted by Crippen LogP contribution is -2.40. The van der Waals surface area contributed by atoms with Gasteiger partial charge in [-0.1, -0.05) is 48.5 Å². The molecule has 254 valence electrons. The first-order valence-corrected chi connectivity index (χ1v) is 16.1. The number of hydrogen-bond donors (Lipinski definition) is 1. The number of halogens is 1. The summed E-state index contributed by atoms with van der Waals surface area (Å²) >= 11 is 5.90. The highest BCUT2D eigenvalue weighted by molar-refractivity contribution is 6.17. The monoisotopic (exact) mass is 679 g/mol. The number of nitrogens with one attached hydrogen (secondary N) is 1. The molecular formula is C35H38ClN3O9. The molecule has 1 aromatic heterocycles. The third-order valence-corrected chi connectivity index (χ3v) is 7.69. The molecule has 0 bridgehead atoms. The maximum Gasteiger partial charge on any atom is 0.303 e. The van der Waals surface area contributed by atoms with E-state index in [0.29, 0.717) is 60.5 Å². The van der Waals surface area contributed by atoms with E-state index in [-0.39, 0.29) is 6.61 Å². The van der Waals surface area contributed by atoms with Gasteiger partial charge in [-0.05, 0) is 41.8 Å². The van der Waals surface area contributed by atoms with Crippen LogP contribution in [-0.2, 0) is 46.5 Å². The van der Waals surface area contributed by atoms with E-state index in [1.54, 1.807) is 4.57 Å². The Balaban J connectivity index is 1.44. The van der Waals surface area contributed by atoms with E-state index in [2.05, 4.69) is 5.32 Å². The highest BCUT2D eigenvalue weighted by Crippen LogP contribution is 2.39. The van der Waals surface area contributed by atoms with Crippen LogP contribution in [0.4, 0.5) is 5.95 Å². The van der Waals surface area contributed by atoms with Gasteiger partial charge in [-0.25, -0.2) is 4.98 Å². The summed E-state index contributed by atoms with van der Waals surface area (Å²) < 4.78 is 36.7. The number of rotatable bonds is 15. The molecule has 12 nitrogen and oxygen atoms in total. The molecule has 5 rings (SSSR count). The number of benzene rings is 3. The van der Waals surface area contributed by atoms with E-state index in [1.165, 1.54) is 20.8 Å². The fourth-order valence-electron chi connectivity index (χ4n) is 5.38. The number of anilines is 1. The molecule has 0 aliphatic carbocycles. The summed E-state index contributed by atoms with van der Waals surface area (Å²) in [7, 11) is 0.